The van der Waals surface area contributed by atoms with Gasteiger partial charge >= 0.3 is 0 Å². The molecule has 0 saturated carbocycles. The van der Waals surface area contributed by atoms with Gasteiger partial charge in [0.05, 0.1) is 12.5 Å². The predicted molar refractivity (Wildman–Crippen MR) is 118 cm³/mol. The molecule has 0 atom stereocenters. The number of furan rings is 2. The summed E-state index contributed by atoms with van der Waals surface area (Å²) < 4.78 is 16.9. The number of hydrogen-bond acceptors (Lipinski definition) is 6. The number of amides is 1. The van der Waals surface area contributed by atoms with Gasteiger partial charge in [0.15, 0.2) is 10.9 Å². The number of thiazole rings is 1. The van der Waals surface area contributed by atoms with Crippen molar-refractivity contribution in [3.63, 3.8) is 0 Å². The number of carbonyl (C=O) groups is 1. The van der Waals surface area contributed by atoms with Crippen LogP contribution in [0.2, 0.25) is 0 Å². The molecule has 1 amide bonds. The molecular weight excluding hydrogens is 412 g/mol. The van der Waals surface area contributed by atoms with E-state index in [1.54, 1.807) is 48.9 Å². The van der Waals surface area contributed by atoms with Crippen LogP contribution in [0.3, 0.4) is 0 Å². The van der Waals surface area contributed by atoms with Crippen LogP contribution in [-0.2, 0) is 0 Å². The molecule has 0 spiro atoms. The van der Waals surface area contributed by atoms with Crippen LogP contribution in [0.5, 0.6) is 11.5 Å². The van der Waals surface area contributed by atoms with Gasteiger partial charge in [0, 0.05) is 5.56 Å². The zero-order valence-corrected chi connectivity index (χ0v) is 17.0. The lowest BCUT2D eigenvalue weighted by Crippen LogP contribution is -2.11. The molecule has 0 unspecified atom stereocenters. The summed E-state index contributed by atoms with van der Waals surface area (Å²) in [6, 6.07) is 23.7. The quantitative estimate of drug-likeness (QED) is 0.325. The number of nitrogens with zero attached hydrogens (tertiary/aromatic N) is 1. The van der Waals surface area contributed by atoms with Crippen LogP contribution in [0.25, 0.3) is 22.1 Å². The number of aromatic nitrogens is 1. The van der Waals surface area contributed by atoms with Crippen LogP contribution in [0.4, 0.5) is 5.13 Å². The molecule has 0 radical (unpaired) electrons. The van der Waals surface area contributed by atoms with E-state index in [2.05, 4.69) is 10.3 Å². The van der Waals surface area contributed by atoms with Gasteiger partial charge in [-0.25, -0.2) is 4.98 Å². The Morgan fingerprint density at radius 2 is 1.58 bits per heavy atom. The number of para-hydroxylation sites is 1. The predicted octanol–water partition coefficient (Wildman–Crippen LogP) is 6.71. The van der Waals surface area contributed by atoms with Crippen molar-refractivity contribution in [2.75, 3.05) is 5.32 Å². The van der Waals surface area contributed by atoms with Gasteiger partial charge < -0.3 is 13.6 Å². The number of rotatable bonds is 6. The Hall–Kier alpha value is -4.10. The molecule has 0 aliphatic carbocycles. The summed E-state index contributed by atoms with van der Waals surface area (Å²) in [5, 5.41) is 3.31. The molecule has 3 heterocycles. The maximum atomic E-state index is 12.9. The van der Waals surface area contributed by atoms with E-state index in [-0.39, 0.29) is 5.91 Å². The Bertz CT molecular complexity index is 1240. The molecule has 0 bridgehead atoms. The van der Waals surface area contributed by atoms with E-state index in [0.29, 0.717) is 39.4 Å². The highest BCUT2D eigenvalue weighted by Crippen LogP contribution is 2.39. The van der Waals surface area contributed by atoms with Crippen LogP contribution in [0.1, 0.15) is 10.4 Å². The molecule has 7 heteroatoms. The second-order valence-corrected chi connectivity index (χ2v) is 7.55. The number of benzene rings is 2. The molecule has 31 heavy (non-hydrogen) atoms. The van der Waals surface area contributed by atoms with Crippen LogP contribution in [0.15, 0.2) is 100 Å². The lowest BCUT2D eigenvalue weighted by atomic mass is 10.2. The third kappa shape index (κ3) is 4.12. The summed E-state index contributed by atoms with van der Waals surface area (Å²) in [6.07, 6.45) is 3.18. The Balaban J connectivity index is 1.40. The molecule has 0 aliphatic rings. The minimum Gasteiger partial charge on any atom is -0.463 e. The zero-order chi connectivity index (χ0) is 21.0. The maximum absolute atomic E-state index is 12.9. The summed E-state index contributed by atoms with van der Waals surface area (Å²) in [4.78, 5) is 18.2. The van der Waals surface area contributed by atoms with Crippen LogP contribution < -0.4 is 10.1 Å². The highest BCUT2D eigenvalue weighted by molar-refractivity contribution is 7.19. The zero-order valence-electron chi connectivity index (χ0n) is 16.1. The fourth-order valence-electron chi connectivity index (χ4n) is 3.02. The van der Waals surface area contributed by atoms with Gasteiger partial charge in [-0.1, -0.05) is 35.6 Å². The van der Waals surface area contributed by atoms with Crippen molar-refractivity contribution < 1.29 is 18.4 Å². The van der Waals surface area contributed by atoms with Crippen molar-refractivity contribution >= 4 is 22.4 Å². The van der Waals surface area contributed by atoms with E-state index in [9.17, 15) is 4.79 Å². The van der Waals surface area contributed by atoms with Crippen molar-refractivity contribution in [2.24, 2.45) is 0 Å². The summed E-state index contributed by atoms with van der Waals surface area (Å²) >= 11 is 1.32. The average molecular weight is 428 g/mol. The highest BCUT2D eigenvalue weighted by atomic mass is 32.1. The van der Waals surface area contributed by atoms with Crippen molar-refractivity contribution in [1.82, 2.24) is 4.98 Å². The molecule has 0 fully saturated rings. The van der Waals surface area contributed by atoms with Crippen molar-refractivity contribution in [2.45, 2.75) is 0 Å². The molecule has 0 saturated heterocycles. The molecule has 5 aromatic rings. The molecule has 0 aliphatic heterocycles. The SMILES string of the molecule is O=C(Nc1nc(-c2ccco2)c(-c2ccco2)s1)c1cccc(Oc2ccccc2)c1. The Morgan fingerprint density at radius 1 is 0.839 bits per heavy atom. The Labute approximate surface area is 181 Å². The first-order valence-electron chi connectivity index (χ1n) is 9.49. The third-order valence-electron chi connectivity index (χ3n) is 4.42. The van der Waals surface area contributed by atoms with Crippen molar-refractivity contribution in [3.05, 3.63) is 97.0 Å². The fraction of sp³-hybridized carbons (Fsp3) is 0. The molecule has 6 nitrogen and oxygen atoms in total. The van der Waals surface area contributed by atoms with Gasteiger partial charge in [0.2, 0.25) is 0 Å². The summed E-state index contributed by atoms with van der Waals surface area (Å²) in [5.41, 5.74) is 1.07. The van der Waals surface area contributed by atoms with E-state index in [1.807, 2.05) is 42.5 Å². The smallest absolute Gasteiger partial charge is 0.257 e. The van der Waals surface area contributed by atoms with E-state index >= 15 is 0 Å². The molecule has 152 valence electrons. The van der Waals surface area contributed by atoms with E-state index in [1.165, 1.54) is 11.3 Å². The first kappa shape index (κ1) is 18.9. The number of carbonyl (C=O) groups excluding carboxylic acids is 1. The van der Waals surface area contributed by atoms with Crippen molar-refractivity contribution in [1.29, 1.82) is 0 Å². The summed E-state index contributed by atoms with van der Waals surface area (Å²) in [7, 11) is 0. The standard InChI is InChI=1S/C24H16N2O4S/c27-23(16-7-4-10-18(15-16)30-17-8-2-1-3-9-17)26-24-25-21(19-11-5-13-28-19)22(31-24)20-12-6-14-29-20/h1-15H,(H,25,26,27). The lowest BCUT2D eigenvalue weighted by Gasteiger charge is -2.07. The van der Waals surface area contributed by atoms with Gasteiger partial charge in [-0.2, -0.15) is 0 Å². The van der Waals surface area contributed by atoms with Gasteiger partial charge in [0.1, 0.15) is 27.8 Å². The average Bonchev–Trinajstić information content (AvgIpc) is 3.56. The number of ether oxygens (including phenoxy) is 1. The van der Waals surface area contributed by atoms with Gasteiger partial charge in [0.25, 0.3) is 5.91 Å². The first-order valence-corrected chi connectivity index (χ1v) is 10.3. The second kappa shape index (κ2) is 8.33. The Morgan fingerprint density at radius 3 is 2.32 bits per heavy atom. The summed E-state index contributed by atoms with van der Waals surface area (Å²) in [6.45, 7) is 0. The number of nitrogens with one attached hydrogen (secondary N) is 1. The van der Waals surface area contributed by atoms with Crippen LogP contribution in [0, 0.1) is 0 Å². The molecular formula is C24H16N2O4S. The van der Waals surface area contributed by atoms with Gasteiger partial charge in [-0.05, 0) is 54.6 Å². The van der Waals surface area contributed by atoms with Gasteiger partial charge in [-0.3, -0.25) is 10.1 Å². The first-order chi connectivity index (χ1) is 15.3. The largest absolute Gasteiger partial charge is 0.463 e. The molecule has 1 N–H and O–H groups in total. The van der Waals surface area contributed by atoms with E-state index in [4.69, 9.17) is 13.6 Å². The highest BCUT2D eigenvalue weighted by Gasteiger charge is 2.20. The monoisotopic (exact) mass is 428 g/mol. The Kier molecular flexibility index (Phi) is 5.08. The number of hydrogen-bond donors (Lipinski definition) is 1. The topological polar surface area (TPSA) is 77.5 Å². The fourth-order valence-corrected chi connectivity index (χ4v) is 3.96. The van der Waals surface area contributed by atoms with E-state index < -0.39 is 0 Å². The molecule has 3 aromatic heterocycles. The van der Waals surface area contributed by atoms with E-state index in [0.717, 1.165) is 4.88 Å². The minimum atomic E-state index is -0.288. The van der Waals surface area contributed by atoms with Crippen LogP contribution >= 0.6 is 11.3 Å². The lowest BCUT2D eigenvalue weighted by molar-refractivity contribution is 0.102. The second-order valence-electron chi connectivity index (χ2n) is 6.55. The molecule has 2 aromatic carbocycles. The van der Waals surface area contributed by atoms with Crippen LogP contribution in [-0.4, -0.2) is 10.9 Å². The summed E-state index contributed by atoms with van der Waals surface area (Å²) in [5.74, 6) is 2.24. The van der Waals surface area contributed by atoms with Gasteiger partial charge in [-0.15, -0.1) is 0 Å². The number of anilines is 1. The maximum Gasteiger partial charge on any atom is 0.257 e. The van der Waals surface area contributed by atoms with Crippen molar-refractivity contribution in [3.8, 4) is 33.6 Å². The minimum absolute atomic E-state index is 0.288. The molecule has 5 rings (SSSR count). The third-order valence-corrected chi connectivity index (χ3v) is 5.41. The normalized spacial score (nSPS) is 10.7.